The summed E-state index contributed by atoms with van der Waals surface area (Å²) in [4.78, 5) is 25.4. The van der Waals surface area contributed by atoms with Crippen LogP contribution in [0, 0.1) is 0 Å². The maximum absolute atomic E-state index is 12.7. The van der Waals surface area contributed by atoms with Crippen LogP contribution in [-0.4, -0.2) is 21.6 Å². The molecule has 9 heteroatoms. The SMILES string of the molecule is O=C(Nc1ccnn1Cc1ccc(Cl)cc1Cl)c1ccc(NC(=O)c2cccs2)cc1. The highest BCUT2D eigenvalue weighted by Gasteiger charge is 2.12. The summed E-state index contributed by atoms with van der Waals surface area (Å²) in [6.07, 6.45) is 1.60. The predicted molar refractivity (Wildman–Crippen MR) is 124 cm³/mol. The van der Waals surface area contributed by atoms with Crippen LogP contribution in [0.5, 0.6) is 0 Å². The van der Waals surface area contributed by atoms with E-state index in [1.54, 1.807) is 59.4 Å². The van der Waals surface area contributed by atoms with Crippen molar-refractivity contribution in [2.75, 3.05) is 10.6 Å². The Morgan fingerprint density at radius 2 is 1.77 bits per heavy atom. The Kier molecular flexibility index (Phi) is 6.36. The van der Waals surface area contributed by atoms with Gasteiger partial charge in [-0.3, -0.25) is 9.59 Å². The van der Waals surface area contributed by atoms with Crippen LogP contribution in [-0.2, 0) is 6.54 Å². The van der Waals surface area contributed by atoms with E-state index in [4.69, 9.17) is 23.2 Å². The van der Waals surface area contributed by atoms with Gasteiger partial charge < -0.3 is 10.6 Å². The first-order valence-electron chi connectivity index (χ1n) is 9.21. The molecule has 31 heavy (non-hydrogen) atoms. The predicted octanol–water partition coefficient (Wildman–Crippen LogP) is 5.80. The second-order valence-electron chi connectivity index (χ2n) is 6.57. The van der Waals surface area contributed by atoms with Gasteiger partial charge in [0.25, 0.3) is 11.8 Å². The van der Waals surface area contributed by atoms with Gasteiger partial charge in [-0.1, -0.05) is 35.3 Å². The zero-order valence-electron chi connectivity index (χ0n) is 16.0. The van der Waals surface area contributed by atoms with Gasteiger partial charge in [0.2, 0.25) is 0 Å². The number of amides is 2. The monoisotopic (exact) mass is 470 g/mol. The summed E-state index contributed by atoms with van der Waals surface area (Å²) in [6.45, 7) is 0.381. The number of nitrogens with one attached hydrogen (secondary N) is 2. The smallest absolute Gasteiger partial charge is 0.265 e. The van der Waals surface area contributed by atoms with Crippen molar-refractivity contribution in [2.45, 2.75) is 6.54 Å². The van der Waals surface area contributed by atoms with E-state index < -0.39 is 0 Å². The molecule has 2 heterocycles. The first kappa shape index (κ1) is 21.1. The quantitative estimate of drug-likeness (QED) is 0.373. The van der Waals surface area contributed by atoms with Crippen molar-refractivity contribution in [3.63, 3.8) is 0 Å². The van der Waals surface area contributed by atoms with Crippen LogP contribution in [0.2, 0.25) is 10.0 Å². The Morgan fingerprint density at radius 3 is 2.48 bits per heavy atom. The third-order valence-electron chi connectivity index (χ3n) is 4.44. The molecule has 2 N–H and O–H groups in total. The van der Waals surface area contributed by atoms with E-state index in [1.165, 1.54) is 11.3 Å². The fourth-order valence-electron chi connectivity index (χ4n) is 2.87. The highest BCUT2D eigenvalue weighted by atomic mass is 35.5. The molecule has 2 aromatic heterocycles. The Balaban J connectivity index is 1.42. The summed E-state index contributed by atoms with van der Waals surface area (Å²) in [6, 6.07) is 17.2. The average molecular weight is 471 g/mol. The van der Waals surface area contributed by atoms with Crippen molar-refractivity contribution >= 4 is 57.9 Å². The first-order valence-corrected chi connectivity index (χ1v) is 10.8. The zero-order valence-corrected chi connectivity index (χ0v) is 18.3. The molecule has 4 rings (SSSR count). The zero-order chi connectivity index (χ0) is 21.8. The minimum absolute atomic E-state index is 0.183. The van der Waals surface area contributed by atoms with E-state index in [2.05, 4.69) is 15.7 Å². The summed E-state index contributed by atoms with van der Waals surface area (Å²) in [5, 5.41) is 12.8. The molecule has 0 fully saturated rings. The molecule has 0 bridgehead atoms. The summed E-state index contributed by atoms with van der Waals surface area (Å²) >= 11 is 13.6. The van der Waals surface area contributed by atoms with Crippen LogP contribution in [0.4, 0.5) is 11.5 Å². The van der Waals surface area contributed by atoms with Crippen LogP contribution in [0.1, 0.15) is 25.6 Å². The van der Waals surface area contributed by atoms with Crippen molar-refractivity contribution in [1.82, 2.24) is 9.78 Å². The molecule has 0 aliphatic rings. The molecule has 6 nitrogen and oxygen atoms in total. The number of nitrogens with zero attached hydrogens (tertiary/aromatic N) is 2. The van der Waals surface area contributed by atoms with E-state index in [9.17, 15) is 9.59 Å². The van der Waals surface area contributed by atoms with E-state index in [0.717, 1.165) is 5.56 Å². The number of rotatable bonds is 6. The van der Waals surface area contributed by atoms with Gasteiger partial charge in [-0.15, -0.1) is 11.3 Å². The van der Waals surface area contributed by atoms with Crippen LogP contribution in [0.25, 0.3) is 0 Å². The topological polar surface area (TPSA) is 76.0 Å². The maximum Gasteiger partial charge on any atom is 0.265 e. The normalized spacial score (nSPS) is 10.6. The summed E-state index contributed by atoms with van der Waals surface area (Å²) in [5.41, 5.74) is 1.89. The van der Waals surface area contributed by atoms with E-state index in [1.807, 2.05) is 17.5 Å². The number of carbonyl (C=O) groups excluding carboxylic acids is 2. The van der Waals surface area contributed by atoms with Crippen LogP contribution in [0.3, 0.4) is 0 Å². The van der Waals surface area contributed by atoms with Crippen molar-refractivity contribution in [3.8, 4) is 0 Å². The molecule has 2 aromatic carbocycles. The van der Waals surface area contributed by atoms with Gasteiger partial charge in [-0.05, 0) is 53.4 Å². The Bertz CT molecular complexity index is 1220. The summed E-state index contributed by atoms with van der Waals surface area (Å²) in [5.74, 6) is 0.0585. The van der Waals surface area contributed by atoms with Gasteiger partial charge in [-0.2, -0.15) is 5.10 Å². The minimum Gasteiger partial charge on any atom is -0.321 e. The molecule has 0 atom stereocenters. The molecule has 0 saturated carbocycles. The third-order valence-corrected chi connectivity index (χ3v) is 5.90. The highest BCUT2D eigenvalue weighted by molar-refractivity contribution is 7.12. The summed E-state index contributed by atoms with van der Waals surface area (Å²) in [7, 11) is 0. The molecule has 0 aliphatic heterocycles. The Labute approximate surface area is 192 Å². The number of benzene rings is 2. The number of halogens is 2. The minimum atomic E-state index is -0.292. The molecular weight excluding hydrogens is 455 g/mol. The van der Waals surface area contributed by atoms with Gasteiger partial charge >= 0.3 is 0 Å². The lowest BCUT2D eigenvalue weighted by Gasteiger charge is -2.11. The molecule has 4 aromatic rings. The number of hydrogen-bond acceptors (Lipinski definition) is 4. The summed E-state index contributed by atoms with van der Waals surface area (Å²) < 4.78 is 1.64. The van der Waals surface area contributed by atoms with Crippen molar-refractivity contribution in [1.29, 1.82) is 0 Å². The van der Waals surface area contributed by atoms with Gasteiger partial charge in [0.05, 0.1) is 17.6 Å². The van der Waals surface area contributed by atoms with Crippen LogP contribution >= 0.6 is 34.5 Å². The molecule has 2 amide bonds. The largest absolute Gasteiger partial charge is 0.321 e. The van der Waals surface area contributed by atoms with Crippen LogP contribution in [0.15, 0.2) is 72.2 Å². The number of anilines is 2. The lowest BCUT2D eigenvalue weighted by molar-refractivity contribution is 0.102. The second-order valence-corrected chi connectivity index (χ2v) is 8.36. The van der Waals surface area contributed by atoms with Crippen molar-refractivity contribution in [2.24, 2.45) is 0 Å². The van der Waals surface area contributed by atoms with Gasteiger partial charge in [0, 0.05) is 27.4 Å². The molecule has 0 aliphatic carbocycles. The molecule has 156 valence electrons. The molecule has 0 unspecified atom stereocenters. The van der Waals surface area contributed by atoms with Gasteiger partial charge in [-0.25, -0.2) is 4.68 Å². The third kappa shape index (κ3) is 5.14. The van der Waals surface area contributed by atoms with Gasteiger partial charge in [0.1, 0.15) is 5.82 Å². The fraction of sp³-hybridized carbons (Fsp3) is 0.0455. The van der Waals surface area contributed by atoms with Crippen LogP contribution < -0.4 is 10.6 Å². The molecule has 0 spiro atoms. The van der Waals surface area contributed by atoms with Crippen molar-refractivity contribution < 1.29 is 9.59 Å². The van der Waals surface area contributed by atoms with E-state index in [0.29, 0.717) is 38.5 Å². The first-order chi connectivity index (χ1) is 15.0. The molecular formula is C22H16Cl2N4O2S. The van der Waals surface area contributed by atoms with E-state index in [-0.39, 0.29) is 11.8 Å². The molecule has 0 radical (unpaired) electrons. The lowest BCUT2D eigenvalue weighted by atomic mass is 10.2. The van der Waals surface area contributed by atoms with Gasteiger partial charge in [0.15, 0.2) is 0 Å². The number of carbonyl (C=O) groups is 2. The lowest BCUT2D eigenvalue weighted by Crippen LogP contribution is -2.16. The highest BCUT2D eigenvalue weighted by Crippen LogP contribution is 2.23. The number of aromatic nitrogens is 2. The number of hydrogen-bond donors (Lipinski definition) is 2. The fourth-order valence-corrected chi connectivity index (χ4v) is 3.96. The van der Waals surface area contributed by atoms with E-state index >= 15 is 0 Å². The Morgan fingerprint density at radius 1 is 0.968 bits per heavy atom. The maximum atomic E-state index is 12.7. The number of thiophene rings is 1. The molecule has 0 saturated heterocycles. The standard InChI is InChI=1S/C22H16Cl2N4O2S/c23-16-6-3-15(18(24)12-16)13-28-20(9-10-25-28)27-21(29)14-4-7-17(8-5-14)26-22(30)19-2-1-11-31-19/h1-12H,13H2,(H,26,30)(H,27,29). The Hall–Kier alpha value is -3.13. The average Bonchev–Trinajstić information content (AvgIpc) is 3.43. The van der Waals surface area contributed by atoms with Crippen molar-refractivity contribution in [3.05, 3.63) is 98.3 Å². The second kappa shape index (κ2) is 9.34.